The van der Waals surface area contributed by atoms with Crippen LogP contribution in [0.3, 0.4) is 0 Å². The van der Waals surface area contributed by atoms with Gasteiger partial charge in [0.1, 0.15) is 0 Å². The first kappa shape index (κ1) is 19.0. The summed E-state index contributed by atoms with van der Waals surface area (Å²) in [5.74, 6) is 0.477. The molecule has 0 radical (unpaired) electrons. The quantitative estimate of drug-likeness (QED) is 0.556. The van der Waals surface area contributed by atoms with Crippen LogP contribution in [0.2, 0.25) is 0 Å². The molecule has 0 atom stereocenters. The van der Waals surface area contributed by atoms with Crippen molar-refractivity contribution in [3.63, 3.8) is 0 Å². The number of aliphatic imine (C=N–C) groups is 1. The van der Waals surface area contributed by atoms with Gasteiger partial charge in [-0.3, -0.25) is 4.79 Å². The van der Waals surface area contributed by atoms with Gasteiger partial charge >= 0.3 is 0 Å². The third-order valence-electron chi connectivity index (χ3n) is 3.54. The average Bonchev–Trinajstić information content (AvgIpc) is 2.54. The fourth-order valence-electron chi connectivity index (χ4n) is 2.13. The van der Waals surface area contributed by atoms with Crippen LogP contribution in [-0.2, 0) is 6.54 Å². The van der Waals surface area contributed by atoms with Crippen LogP contribution < -0.4 is 11.1 Å². The molecule has 0 aromatic heterocycles. The number of nitrogens with two attached hydrogens (primary N) is 1. The van der Waals surface area contributed by atoms with Gasteiger partial charge in [-0.15, -0.1) is 0 Å². The Balaban J connectivity index is 2.66. The van der Waals surface area contributed by atoms with Crippen LogP contribution in [-0.4, -0.2) is 61.9 Å². The molecule has 0 aliphatic heterocycles. The number of hydrogen-bond donors (Lipinski definition) is 2. The molecule has 23 heavy (non-hydrogen) atoms. The Bertz CT molecular complexity index is 523. The van der Waals surface area contributed by atoms with Gasteiger partial charge in [0.05, 0.1) is 6.54 Å². The number of nitrogens with one attached hydrogen (secondary N) is 1. The molecule has 0 heterocycles. The lowest BCUT2D eigenvalue weighted by atomic mass is 10.1. The standard InChI is InChI=1S/C17H29N5O/c1-5-22(6-2)17(18)20-13-14-8-7-9-15(12-14)16(23)19-10-11-21(3)4/h7-9,12H,5-6,10-11,13H2,1-4H3,(H2,18,20)(H,19,23). The molecule has 6 heteroatoms. The predicted molar refractivity (Wildman–Crippen MR) is 95.6 cm³/mol. The van der Waals surface area contributed by atoms with Crippen molar-refractivity contribution in [2.75, 3.05) is 40.3 Å². The molecule has 1 aromatic carbocycles. The molecule has 0 unspecified atom stereocenters. The summed E-state index contributed by atoms with van der Waals surface area (Å²) in [6.07, 6.45) is 0. The lowest BCUT2D eigenvalue weighted by Gasteiger charge is -2.19. The van der Waals surface area contributed by atoms with Crippen LogP contribution in [0.25, 0.3) is 0 Å². The molecule has 0 bridgehead atoms. The van der Waals surface area contributed by atoms with Crippen LogP contribution in [0.4, 0.5) is 0 Å². The smallest absolute Gasteiger partial charge is 0.251 e. The normalized spacial score (nSPS) is 11.6. The fourth-order valence-corrected chi connectivity index (χ4v) is 2.13. The van der Waals surface area contributed by atoms with E-state index in [-0.39, 0.29) is 5.91 Å². The molecule has 1 rings (SSSR count). The minimum absolute atomic E-state index is 0.0607. The van der Waals surface area contributed by atoms with Gasteiger partial charge < -0.3 is 20.9 Å². The first-order valence-corrected chi connectivity index (χ1v) is 8.04. The van der Waals surface area contributed by atoms with Gasteiger partial charge in [-0.2, -0.15) is 0 Å². The summed E-state index contributed by atoms with van der Waals surface area (Å²) in [7, 11) is 3.95. The van der Waals surface area contributed by atoms with Crippen molar-refractivity contribution >= 4 is 11.9 Å². The number of nitrogens with zero attached hydrogens (tertiary/aromatic N) is 3. The van der Waals surface area contributed by atoms with Crippen LogP contribution in [0.5, 0.6) is 0 Å². The zero-order valence-corrected chi connectivity index (χ0v) is 14.7. The van der Waals surface area contributed by atoms with Crippen molar-refractivity contribution < 1.29 is 4.79 Å². The summed E-state index contributed by atoms with van der Waals surface area (Å²) >= 11 is 0. The van der Waals surface area contributed by atoms with Gasteiger partial charge in [0.25, 0.3) is 5.91 Å². The summed E-state index contributed by atoms with van der Waals surface area (Å²) in [5.41, 5.74) is 7.59. The highest BCUT2D eigenvalue weighted by Gasteiger charge is 2.06. The molecule has 128 valence electrons. The minimum Gasteiger partial charge on any atom is -0.370 e. The Morgan fingerprint density at radius 2 is 1.96 bits per heavy atom. The van der Waals surface area contributed by atoms with E-state index in [2.05, 4.69) is 10.3 Å². The molecule has 1 amide bonds. The van der Waals surface area contributed by atoms with Crippen molar-refractivity contribution in [3.05, 3.63) is 35.4 Å². The van der Waals surface area contributed by atoms with Gasteiger partial charge in [0, 0.05) is 31.7 Å². The third-order valence-corrected chi connectivity index (χ3v) is 3.54. The van der Waals surface area contributed by atoms with Gasteiger partial charge in [-0.05, 0) is 45.6 Å². The molecule has 6 nitrogen and oxygen atoms in total. The average molecular weight is 319 g/mol. The van der Waals surface area contributed by atoms with Crippen LogP contribution >= 0.6 is 0 Å². The Kier molecular flexibility index (Phi) is 8.11. The maximum Gasteiger partial charge on any atom is 0.251 e. The van der Waals surface area contributed by atoms with E-state index in [1.807, 2.05) is 62.0 Å². The lowest BCUT2D eigenvalue weighted by molar-refractivity contribution is 0.0951. The van der Waals surface area contributed by atoms with Crippen molar-refractivity contribution in [2.45, 2.75) is 20.4 Å². The van der Waals surface area contributed by atoms with E-state index in [1.54, 1.807) is 0 Å². The molecule has 0 aliphatic carbocycles. The van der Waals surface area contributed by atoms with Gasteiger partial charge in [-0.1, -0.05) is 12.1 Å². The van der Waals surface area contributed by atoms with Crippen molar-refractivity contribution in [1.82, 2.24) is 15.1 Å². The van der Waals surface area contributed by atoms with E-state index in [0.717, 1.165) is 25.2 Å². The Labute approximate surface area is 139 Å². The second kappa shape index (κ2) is 9.84. The maximum atomic E-state index is 12.1. The zero-order valence-electron chi connectivity index (χ0n) is 14.7. The second-order valence-corrected chi connectivity index (χ2v) is 5.61. The highest BCUT2D eigenvalue weighted by atomic mass is 16.1. The number of carbonyl (C=O) groups is 1. The highest BCUT2D eigenvalue weighted by Crippen LogP contribution is 2.07. The molecule has 0 spiro atoms. The number of amides is 1. The first-order chi connectivity index (χ1) is 11.0. The van der Waals surface area contributed by atoms with E-state index in [1.165, 1.54) is 0 Å². The van der Waals surface area contributed by atoms with Crippen molar-refractivity contribution in [1.29, 1.82) is 0 Å². The monoisotopic (exact) mass is 319 g/mol. The molecule has 1 aromatic rings. The van der Waals surface area contributed by atoms with Crippen LogP contribution in [0.1, 0.15) is 29.8 Å². The van der Waals surface area contributed by atoms with E-state index in [4.69, 9.17) is 5.73 Å². The van der Waals surface area contributed by atoms with Crippen molar-refractivity contribution in [2.24, 2.45) is 10.7 Å². The molecule has 0 fully saturated rings. The molecule has 0 aliphatic rings. The summed E-state index contributed by atoms with van der Waals surface area (Å²) < 4.78 is 0. The Hall–Kier alpha value is -2.08. The lowest BCUT2D eigenvalue weighted by Crippen LogP contribution is -2.37. The SMILES string of the molecule is CCN(CC)C(N)=NCc1cccc(C(=O)NCCN(C)C)c1. The number of carbonyl (C=O) groups excluding carboxylic acids is 1. The molecule has 3 N–H and O–H groups in total. The van der Waals surface area contributed by atoms with E-state index < -0.39 is 0 Å². The highest BCUT2D eigenvalue weighted by molar-refractivity contribution is 5.94. The van der Waals surface area contributed by atoms with Crippen LogP contribution in [0.15, 0.2) is 29.3 Å². The topological polar surface area (TPSA) is 74.0 Å². The second-order valence-electron chi connectivity index (χ2n) is 5.61. The molecular formula is C17H29N5O. The summed E-state index contributed by atoms with van der Waals surface area (Å²) in [6.45, 7) is 7.68. The number of benzene rings is 1. The van der Waals surface area contributed by atoms with E-state index in [9.17, 15) is 4.79 Å². The summed E-state index contributed by atoms with van der Waals surface area (Å²) in [4.78, 5) is 20.6. The number of rotatable bonds is 8. The number of guanidine groups is 1. The summed E-state index contributed by atoms with van der Waals surface area (Å²) in [5, 5.41) is 2.91. The Morgan fingerprint density at radius 3 is 2.57 bits per heavy atom. The summed E-state index contributed by atoms with van der Waals surface area (Å²) in [6, 6.07) is 7.50. The van der Waals surface area contributed by atoms with Crippen molar-refractivity contribution in [3.8, 4) is 0 Å². The maximum absolute atomic E-state index is 12.1. The zero-order chi connectivity index (χ0) is 17.2. The van der Waals surface area contributed by atoms with E-state index >= 15 is 0 Å². The third kappa shape index (κ3) is 6.69. The number of hydrogen-bond acceptors (Lipinski definition) is 3. The molecular weight excluding hydrogens is 290 g/mol. The molecule has 0 saturated carbocycles. The van der Waals surface area contributed by atoms with Gasteiger partial charge in [-0.25, -0.2) is 4.99 Å². The Morgan fingerprint density at radius 1 is 1.26 bits per heavy atom. The van der Waals surface area contributed by atoms with Crippen LogP contribution in [0, 0.1) is 0 Å². The van der Waals surface area contributed by atoms with E-state index in [0.29, 0.717) is 24.6 Å². The van der Waals surface area contributed by atoms with Gasteiger partial charge in [0.2, 0.25) is 0 Å². The fraction of sp³-hybridized carbons (Fsp3) is 0.529. The first-order valence-electron chi connectivity index (χ1n) is 8.04. The minimum atomic E-state index is -0.0607. The van der Waals surface area contributed by atoms with Gasteiger partial charge in [0.15, 0.2) is 5.96 Å². The predicted octanol–water partition coefficient (Wildman–Crippen LogP) is 1.13. The largest absolute Gasteiger partial charge is 0.370 e. The number of likely N-dealkylation sites (N-methyl/N-ethyl adjacent to an activating group) is 1. The molecule has 0 saturated heterocycles.